The third kappa shape index (κ3) is 6.28. The molecule has 2 amide bonds. The number of methoxy groups -OCH3 is 1. The summed E-state index contributed by atoms with van der Waals surface area (Å²) >= 11 is 0. The van der Waals surface area contributed by atoms with Gasteiger partial charge in [-0.2, -0.15) is 0 Å². The van der Waals surface area contributed by atoms with E-state index in [4.69, 9.17) is 4.74 Å². The van der Waals surface area contributed by atoms with Crippen LogP contribution in [-0.2, 0) is 19.6 Å². The molecule has 0 aromatic heterocycles. The minimum absolute atomic E-state index is 0.0549. The van der Waals surface area contributed by atoms with Crippen molar-refractivity contribution in [3.63, 3.8) is 0 Å². The van der Waals surface area contributed by atoms with Crippen LogP contribution in [0.4, 0.5) is 0 Å². The number of hydrogen-bond donors (Lipinski definition) is 1. The molecule has 2 saturated heterocycles. The molecule has 0 radical (unpaired) electrons. The van der Waals surface area contributed by atoms with Crippen LogP contribution in [0.2, 0.25) is 0 Å². The second kappa shape index (κ2) is 11.2. The van der Waals surface area contributed by atoms with E-state index in [1.54, 1.807) is 17.0 Å². The molecule has 0 saturated carbocycles. The van der Waals surface area contributed by atoms with Gasteiger partial charge in [0.1, 0.15) is 0 Å². The van der Waals surface area contributed by atoms with Crippen molar-refractivity contribution in [1.29, 1.82) is 0 Å². The Labute approximate surface area is 190 Å². The molecule has 1 unspecified atom stereocenters. The molecule has 2 aliphatic heterocycles. The smallest absolute Gasteiger partial charge is 0.253 e. The second-order valence-corrected chi connectivity index (χ2v) is 10.2. The quantitative estimate of drug-likeness (QED) is 0.568. The molecule has 178 valence electrons. The van der Waals surface area contributed by atoms with Crippen LogP contribution in [-0.4, -0.2) is 101 Å². The Kier molecular flexibility index (Phi) is 8.64. The number of piperazine rings is 1. The van der Waals surface area contributed by atoms with Crippen molar-refractivity contribution in [2.75, 3.05) is 59.5 Å². The maximum atomic E-state index is 13.0. The molecule has 2 heterocycles. The highest BCUT2D eigenvalue weighted by molar-refractivity contribution is 7.89. The summed E-state index contributed by atoms with van der Waals surface area (Å²) in [6, 6.07) is 6.38. The van der Waals surface area contributed by atoms with Crippen LogP contribution in [0.25, 0.3) is 0 Å². The zero-order chi connectivity index (χ0) is 23.1. The normalized spacial score (nSPS) is 20.4. The van der Waals surface area contributed by atoms with Gasteiger partial charge in [0, 0.05) is 58.0 Å². The zero-order valence-corrected chi connectivity index (χ0v) is 19.8. The summed E-state index contributed by atoms with van der Waals surface area (Å²) in [5.74, 6) is -0.0366. The number of nitrogens with one attached hydrogen (secondary N) is 1. The van der Waals surface area contributed by atoms with Crippen molar-refractivity contribution in [2.45, 2.75) is 37.1 Å². The fourth-order valence-corrected chi connectivity index (χ4v) is 5.26. The lowest BCUT2D eigenvalue weighted by Gasteiger charge is -2.38. The van der Waals surface area contributed by atoms with E-state index in [2.05, 4.69) is 16.5 Å². The minimum Gasteiger partial charge on any atom is -0.383 e. The molecule has 1 atom stereocenters. The molecule has 3 rings (SSSR count). The number of rotatable bonds is 8. The first-order chi connectivity index (χ1) is 15.3. The Hall–Kier alpha value is -2.01. The molecule has 32 heavy (non-hydrogen) atoms. The summed E-state index contributed by atoms with van der Waals surface area (Å²) in [6.45, 7) is 6.00. The van der Waals surface area contributed by atoms with E-state index >= 15 is 0 Å². The molecule has 0 aliphatic carbocycles. The van der Waals surface area contributed by atoms with Crippen molar-refractivity contribution in [3.05, 3.63) is 29.8 Å². The molecule has 0 spiro atoms. The molecule has 1 N–H and O–H groups in total. The summed E-state index contributed by atoms with van der Waals surface area (Å²) in [5.41, 5.74) is 0.339. The molecule has 2 fully saturated rings. The Bertz CT molecular complexity index is 899. The van der Waals surface area contributed by atoms with E-state index in [1.165, 1.54) is 25.7 Å². The largest absolute Gasteiger partial charge is 0.383 e. The summed E-state index contributed by atoms with van der Waals surface area (Å²) in [5, 5.41) is 0. The Balaban J connectivity index is 1.54. The third-order valence-corrected chi connectivity index (χ3v) is 7.59. The van der Waals surface area contributed by atoms with E-state index in [1.807, 2.05) is 4.90 Å². The summed E-state index contributed by atoms with van der Waals surface area (Å²) in [6.07, 6.45) is 3.30. The summed E-state index contributed by atoms with van der Waals surface area (Å²) < 4.78 is 32.2. The van der Waals surface area contributed by atoms with Crippen molar-refractivity contribution in [1.82, 2.24) is 19.4 Å². The molecular weight excluding hydrogens is 432 g/mol. The fraction of sp³-hybridized carbons (Fsp3) is 0.636. The highest BCUT2D eigenvalue weighted by Gasteiger charge is 2.28. The van der Waals surface area contributed by atoms with Crippen molar-refractivity contribution in [3.8, 4) is 0 Å². The SMILES string of the molecule is COCCNS(=O)(=O)c1cccc(C(=O)N2CCN(CC(=O)N3CCCCC3C)CC2)c1. The maximum Gasteiger partial charge on any atom is 0.253 e. The summed E-state index contributed by atoms with van der Waals surface area (Å²) in [7, 11) is -2.21. The number of sulfonamides is 1. The summed E-state index contributed by atoms with van der Waals surface area (Å²) in [4.78, 5) is 31.5. The van der Waals surface area contributed by atoms with E-state index in [9.17, 15) is 18.0 Å². The zero-order valence-electron chi connectivity index (χ0n) is 19.0. The number of carbonyl (C=O) groups is 2. The van der Waals surface area contributed by atoms with Gasteiger partial charge in [0.25, 0.3) is 5.91 Å². The average molecular weight is 467 g/mol. The Morgan fingerprint density at radius 3 is 2.56 bits per heavy atom. The molecular formula is C22H34N4O5S. The number of ether oxygens (including phenoxy) is 1. The highest BCUT2D eigenvalue weighted by Crippen LogP contribution is 2.18. The average Bonchev–Trinajstić information content (AvgIpc) is 2.79. The predicted molar refractivity (Wildman–Crippen MR) is 121 cm³/mol. The molecule has 10 heteroatoms. The Morgan fingerprint density at radius 2 is 1.88 bits per heavy atom. The highest BCUT2D eigenvalue weighted by atomic mass is 32.2. The minimum atomic E-state index is -3.71. The topological polar surface area (TPSA) is 99.3 Å². The van der Waals surface area contributed by atoms with Crippen LogP contribution in [0.5, 0.6) is 0 Å². The number of nitrogens with zero attached hydrogens (tertiary/aromatic N) is 3. The van der Waals surface area contributed by atoms with E-state index < -0.39 is 10.0 Å². The van der Waals surface area contributed by atoms with Gasteiger partial charge in [-0.1, -0.05) is 6.07 Å². The third-order valence-electron chi connectivity index (χ3n) is 6.13. The predicted octanol–water partition coefficient (Wildman–Crippen LogP) is 0.770. The van der Waals surface area contributed by atoms with Gasteiger partial charge in [0.05, 0.1) is 18.0 Å². The van der Waals surface area contributed by atoms with Gasteiger partial charge in [-0.05, 0) is 44.4 Å². The van der Waals surface area contributed by atoms with Crippen molar-refractivity contribution in [2.24, 2.45) is 0 Å². The number of carbonyl (C=O) groups excluding carboxylic acids is 2. The van der Waals surface area contributed by atoms with Crippen LogP contribution in [0.3, 0.4) is 0 Å². The number of hydrogen-bond acceptors (Lipinski definition) is 6. The first kappa shape index (κ1) is 24.6. The van der Waals surface area contributed by atoms with E-state index in [0.717, 1.165) is 19.4 Å². The van der Waals surface area contributed by atoms with Crippen molar-refractivity contribution >= 4 is 21.8 Å². The Morgan fingerprint density at radius 1 is 1.12 bits per heavy atom. The van der Waals surface area contributed by atoms with Crippen LogP contribution in [0, 0.1) is 0 Å². The number of benzene rings is 1. The van der Waals surface area contributed by atoms with Crippen LogP contribution < -0.4 is 4.72 Å². The second-order valence-electron chi connectivity index (χ2n) is 8.42. The monoisotopic (exact) mass is 466 g/mol. The van der Waals surface area contributed by atoms with Gasteiger partial charge in [0.2, 0.25) is 15.9 Å². The number of amides is 2. The molecule has 9 nitrogen and oxygen atoms in total. The fourth-order valence-electron chi connectivity index (χ4n) is 4.20. The van der Waals surface area contributed by atoms with Crippen LogP contribution >= 0.6 is 0 Å². The van der Waals surface area contributed by atoms with Gasteiger partial charge in [0.15, 0.2) is 0 Å². The lowest BCUT2D eigenvalue weighted by molar-refractivity contribution is -0.136. The lowest BCUT2D eigenvalue weighted by Crippen LogP contribution is -2.53. The van der Waals surface area contributed by atoms with Crippen LogP contribution in [0.15, 0.2) is 29.2 Å². The number of piperidine rings is 1. The standard InChI is InChI=1S/C22H34N4O5S/c1-18-6-3-4-10-26(18)21(27)17-24-11-13-25(14-12-24)22(28)19-7-5-8-20(16-19)32(29,30)23-9-15-31-2/h5,7-8,16,18,23H,3-4,6,9-15,17H2,1-2H3. The van der Waals surface area contributed by atoms with Gasteiger partial charge in [-0.25, -0.2) is 13.1 Å². The van der Waals surface area contributed by atoms with Gasteiger partial charge < -0.3 is 14.5 Å². The molecule has 1 aromatic rings. The van der Waals surface area contributed by atoms with E-state index in [-0.39, 0.29) is 29.9 Å². The molecule has 2 aliphatic rings. The van der Waals surface area contributed by atoms with Gasteiger partial charge in [-0.3, -0.25) is 14.5 Å². The van der Waals surface area contributed by atoms with Crippen LogP contribution in [0.1, 0.15) is 36.5 Å². The maximum absolute atomic E-state index is 13.0. The van der Waals surface area contributed by atoms with E-state index in [0.29, 0.717) is 44.3 Å². The molecule has 0 bridgehead atoms. The lowest BCUT2D eigenvalue weighted by atomic mass is 10.0. The van der Waals surface area contributed by atoms with Gasteiger partial charge in [-0.15, -0.1) is 0 Å². The first-order valence-corrected chi connectivity index (χ1v) is 12.7. The van der Waals surface area contributed by atoms with Crippen molar-refractivity contribution < 1.29 is 22.7 Å². The van der Waals surface area contributed by atoms with Gasteiger partial charge >= 0.3 is 0 Å². The number of likely N-dealkylation sites (tertiary alicyclic amines) is 1. The molecule has 1 aromatic carbocycles. The first-order valence-electron chi connectivity index (χ1n) is 11.2.